The first-order valence-corrected chi connectivity index (χ1v) is 11.1. The average Bonchev–Trinajstić information content (AvgIpc) is 2.85. The van der Waals surface area contributed by atoms with E-state index in [-0.39, 0.29) is 23.6 Å². The van der Waals surface area contributed by atoms with Gasteiger partial charge in [0.05, 0.1) is 6.04 Å². The molecule has 1 aromatic heterocycles. The summed E-state index contributed by atoms with van der Waals surface area (Å²) in [6.45, 7) is 0.872. The number of ether oxygens (including phenoxy) is 1. The van der Waals surface area contributed by atoms with E-state index in [1.54, 1.807) is 29.2 Å². The molecular weight excluding hydrogens is 445 g/mol. The van der Waals surface area contributed by atoms with Gasteiger partial charge in [0.15, 0.2) is 5.75 Å². The largest absolute Gasteiger partial charge is 0.415 e. The minimum absolute atomic E-state index is 0.114. The molecule has 1 saturated heterocycles. The summed E-state index contributed by atoms with van der Waals surface area (Å²) in [6.07, 6.45) is 2.00. The third-order valence-electron chi connectivity index (χ3n) is 5.74. The number of piperidine rings is 1. The Kier molecular flexibility index (Phi) is 7.19. The summed E-state index contributed by atoms with van der Waals surface area (Å²) in [5, 5.41) is 3.72. The van der Waals surface area contributed by atoms with Crippen LogP contribution in [0.4, 0.5) is 9.18 Å². The highest BCUT2D eigenvalue weighted by Crippen LogP contribution is 2.31. The Balaban J connectivity index is 1.43. The monoisotopic (exact) mass is 467 g/mol. The molecule has 0 saturated carbocycles. The summed E-state index contributed by atoms with van der Waals surface area (Å²) in [4.78, 5) is 30.4. The van der Waals surface area contributed by atoms with E-state index in [2.05, 4.69) is 10.3 Å². The van der Waals surface area contributed by atoms with Crippen LogP contribution in [0.15, 0.2) is 72.9 Å². The first kappa shape index (κ1) is 22.7. The maximum atomic E-state index is 13.7. The standard InChI is InChI=1S/C25H23ClFN3O3/c26-20-10-8-19(9-11-20)24(31)29-22(17-5-2-1-3-6-17)18-12-15-30(16-13-18)25(32)33-21-7-4-14-28-23(21)27/h1-11,14,18,22H,12-13,15-16H2,(H,29,31)/t22-/m1/s1. The molecule has 1 N–H and O–H groups in total. The molecule has 2 amide bonds. The van der Waals surface area contributed by atoms with Crippen molar-refractivity contribution in [3.05, 3.63) is 95.0 Å². The predicted octanol–water partition coefficient (Wildman–Crippen LogP) is 5.26. The fraction of sp³-hybridized carbons (Fsp3) is 0.240. The molecule has 3 aromatic rings. The lowest BCUT2D eigenvalue weighted by Gasteiger charge is -2.36. The Hall–Kier alpha value is -3.45. The second-order valence-electron chi connectivity index (χ2n) is 7.85. The molecule has 170 valence electrons. The number of likely N-dealkylation sites (tertiary alicyclic amines) is 1. The second-order valence-corrected chi connectivity index (χ2v) is 8.29. The van der Waals surface area contributed by atoms with Gasteiger partial charge in [0.2, 0.25) is 0 Å². The number of aromatic nitrogens is 1. The van der Waals surface area contributed by atoms with E-state index in [1.165, 1.54) is 18.3 Å². The Bertz CT molecular complexity index is 1100. The number of rotatable bonds is 5. The quantitative estimate of drug-likeness (QED) is 0.520. The highest BCUT2D eigenvalue weighted by Gasteiger charge is 2.31. The molecule has 2 aromatic carbocycles. The summed E-state index contributed by atoms with van der Waals surface area (Å²) in [5.41, 5.74) is 1.53. The first-order valence-electron chi connectivity index (χ1n) is 10.7. The van der Waals surface area contributed by atoms with Crippen molar-refractivity contribution in [2.75, 3.05) is 13.1 Å². The number of amides is 2. The van der Waals surface area contributed by atoms with E-state index in [1.807, 2.05) is 30.3 Å². The third kappa shape index (κ3) is 5.68. The van der Waals surface area contributed by atoms with Crippen molar-refractivity contribution in [1.29, 1.82) is 0 Å². The van der Waals surface area contributed by atoms with Gasteiger partial charge in [0.1, 0.15) is 0 Å². The Morgan fingerprint density at radius 1 is 1.03 bits per heavy atom. The topological polar surface area (TPSA) is 71.5 Å². The number of pyridine rings is 1. The van der Waals surface area contributed by atoms with Gasteiger partial charge in [-0.1, -0.05) is 41.9 Å². The molecular formula is C25H23ClFN3O3. The average molecular weight is 468 g/mol. The van der Waals surface area contributed by atoms with Crippen LogP contribution in [0.25, 0.3) is 0 Å². The molecule has 0 radical (unpaired) electrons. The van der Waals surface area contributed by atoms with E-state index in [0.717, 1.165) is 5.56 Å². The van der Waals surface area contributed by atoms with E-state index in [4.69, 9.17) is 16.3 Å². The lowest BCUT2D eigenvalue weighted by Crippen LogP contribution is -2.44. The normalized spacial score (nSPS) is 15.0. The Labute approximate surface area is 196 Å². The number of nitrogens with zero attached hydrogens (tertiary/aromatic N) is 2. The van der Waals surface area contributed by atoms with E-state index in [9.17, 15) is 14.0 Å². The fourth-order valence-corrected chi connectivity index (χ4v) is 4.11. The lowest BCUT2D eigenvalue weighted by molar-refractivity contribution is 0.0884. The van der Waals surface area contributed by atoms with Crippen molar-refractivity contribution in [2.45, 2.75) is 18.9 Å². The molecule has 0 bridgehead atoms. The highest BCUT2D eigenvalue weighted by molar-refractivity contribution is 6.30. The number of halogens is 2. The van der Waals surface area contributed by atoms with Crippen LogP contribution in [0.5, 0.6) is 5.75 Å². The molecule has 1 atom stereocenters. The van der Waals surface area contributed by atoms with Crippen LogP contribution in [0.2, 0.25) is 5.02 Å². The summed E-state index contributed by atoms with van der Waals surface area (Å²) in [7, 11) is 0. The summed E-state index contributed by atoms with van der Waals surface area (Å²) in [5.74, 6) is -1.09. The van der Waals surface area contributed by atoms with E-state index in [0.29, 0.717) is 36.5 Å². The molecule has 1 aliphatic rings. The number of hydrogen-bond donors (Lipinski definition) is 1. The van der Waals surface area contributed by atoms with Crippen LogP contribution >= 0.6 is 11.6 Å². The van der Waals surface area contributed by atoms with E-state index < -0.39 is 12.0 Å². The van der Waals surface area contributed by atoms with Gasteiger partial charge in [-0.2, -0.15) is 4.39 Å². The van der Waals surface area contributed by atoms with Crippen LogP contribution in [0.1, 0.15) is 34.8 Å². The molecule has 8 heteroatoms. The van der Waals surface area contributed by atoms with Crippen LogP contribution in [0.3, 0.4) is 0 Å². The lowest BCUT2D eigenvalue weighted by atomic mass is 9.85. The maximum Gasteiger partial charge on any atom is 0.415 e. The smallest absolute Gasteiger partial charge is 0.405 e. The van der Waals surface area contributed by atoms with Gasteiger partial charge in [0.25, 0.3) is 11.9 Å². The minimum atomic E-state index is -0.824. The van der Waals surface area contributed by atoms with Gasteiger partial charge in [0, 0.05) is 29.9 Å². The molecule has 1 aliphatic heterocycles. The first-order chi connectivity index (χ1) is 16.0. The number of nitrogens with one attached hydrogen (secondary N) is 1. The Morgan fingerprint density at radius 2 is 1.73 bits per heavy atom. The van der Waals surface area contributed by atoms with E-state index >= 15 is 0 Å². The van der Waals surface area contributed by atoms with Gasteiger partial charge in [-0.25, -0.2) is 9.78 Å². The van der Waals surface area contributed by atoms with Crippen molar-refractivity contribution < 1.29 is 18.7 Å². The van der Waals surface area contributed by atoms with Gasteiger partial charge in [-0.15, -0.1) is 0 Å². The molecule has 2 heterocycles. The van der Waals surface area contributed by atoms with Gasteiger partial charge < -0.3 is 15.0 Å². The van der Waals surface area contributed by atoms with Crippen LogP contribution in [0, 0.1) is 11.9 Å². The van der Waals surface area contributed by atoms with Crippen LogP contribution in [-0.4, -0.2) is 35.0 Å². The predicted molar refractivity (Wildman–Crippen MR) is 123 cm³/mol. The zero-order valence-electron chi connectivity index (χ0n) is 17.8. The molecule has 0 spiro atoms. The van der Waals surface area contributed by atoms with Crippen molar-refractivity contribution in [1.82, 2.24) is 15.2 Å². The van der Waals surface area contributed by atoms with Crippen molar-refractivity contribution in [3.63, 3.8) is 0 Å². The molecule has 6 nitrogen and oxygen atoms in total. The number of carbonyl (C=O) groups excluding carboxylic acids is 2. The Morgan fingerprint density at radius 3 is 2.39 bits per heavy atom. The summed E-state index contributed by atoms with van der Waals surface area (Å²) >= 11 is 5.94. The molecule has 0 aliphatic carbocycles. The zero-order valence-corrected chi connectivity index (χ0v) is 18.5. The van der Waals surface area contributed by atoms with Crippen molar-refractivity contribution in [2.24, 2.45) is 5.92 Å². The molecule has 1 fully saturated rings. The number of hydrogen-bond acceptors (Lipinski definition) is 4. The van der Waals surface area contributed by atoms with Crippen LogP contribution < -0.4 is 10.1 Å². The molecule has 0 unspecified atom stereocenters. The third-order valence-corrected chi connectivity index (χ3v) is 6.00. The summed E-state index contributed by atoms with van der Waals surface area (Å²) < 4.78 is 18.9. The van der Waals surface area contributed by atoms with Gasteiger partial charge in [-0.05, 0) is 60.7 Å². The van der Waals surface area contributed by atoms with Gasteiger partial charge in [-0.3, -0.25) is 4.79 Å². The molecule has 4 rings (SSSR count). The SMILES string of the molecule is O=C(N[C@H](c1ccccc1)C1CCN(C(=O)Oc2cccnc2F)CC1)c1ccc(Cl)cc1. The number of carbonyl (C=O) groups is 2. The minimum Gasteiger partial charge on any atom is -0.405 e. The highest BCUT2D eigenvalue weighted by atomic mass is 35.5. The van der Waals surface area contributed by atoms with Crippen LogP contribution in [-0.2, 0) is 0 Å². The fourth-order valence-electron chi connectivity index (χ4n) is 3.98. The van der Waals surface area contributed by atoms with Crippen molar-refractivity contribution >= 4 is 23.6 Å². The molecule has 33 heavy (non-hydrogen) atoms. The number of benzene rings is 2. The van der Waals surface area contributed by atoms with Crippen molar-refractivity contribution in [3.8, 4) is 5.75 Å². The second kappa shape index (κ2) is 10.4. The maximum absolute atomic E-state index is 13.7. The zero-order chi connectivity index (χ0) is 23.2. The summed E-state index contributed by atoms with van der Waals surface area (Å²) in [6, 6.07) is 19.2. The van der Waals surface area contributed by atoms with Gasteiger partial charge >= 0.3 is 6.09 Å².